The Morgan fingerprint density at radius 1 is 1.14 bits per heavy atom. The number of hydrogen-bond acceptors (Lipinski definition) is 5. The number of rotatable bonds is 7. The van der Waals surface area contributed by atoms with Crippen molar-refractivity contribution in [3.8, 4) is 0 Å². The fourth-order valence-electron chi connectivity index (χ4n) is 3.25. The van der Waals surface area contributed by atoms with Gasteiger partial charge in [0.25, 0.3) is 0 Å². The van der Waals surface area contributed by atoms with Crippen LogP contribution in [0.1, 0.15) is 31.1 Å². The molecule has 0 unspecified atom stereocenters. The quantitative estimate of drug-likeness (QED) is 0.794. The molecule has 1 heterocycles. The number of carbonyl (C=O) groups is 2. The van der Waals surface area contributed by atoms with Gasteiger partial charge in [0.1, 0.15) is 6.10 Å². The van der Waals surface area contributed by atoms with E-state index in [0.29, 0.717) is 6.61 Å². The fourth-order valence-corrected chi connectivity index (χ4v) is 3.25. The van der Waals surface area contributed by atoms with E-state index in [-0.39, 0.29) is 6.61 Å². The topological polar surface area (TPSA) is 76.1 Å². The number of amides is 2. The third-order valence-electron chi connectivity index (χ3n) is 5.00. The molecule has 1 aliphatic heterocycles. The number of imide groups is 1. The first-order valence-electron chi connectivity index (χ1n) is 9.37. The van der Waals surface area contributed by atoms with Gasteiger partial charge in [0.05, 0.1) is 31.3 Å². The molecule has 1 fully saturated rings. The highest BCUT2D eigenvalue weighted by molar-refractivity contribution is 5.95. The minimum absolute atomic E-state index is 0.00117. The van der Waals surface area contributed by atoms with Gasteiger partial charge in [0.15, 0.2) is 0 Å². The molecule has 6 heteroatoms. The highest BCUT2D eigenvalue weighted by Crippen LogP contribution is 2.33. The van der Waals surface area contributed by atoms with Gasteiger partial charge in [-0.25, -0.2) is 9.69 Å². The van der Waals surface area contributed by atoms with Gasteiger partial charge in [-0.3, -0.25) is 4.79 Å². The summed E-state index contributed by atoms with van der Waals surface area (Å²) in [5.74, 6) is -1.26. The van der Waals surface area contributed by atoms with Gasteiger partial charge in [0.2, 0.25) is 5.91 Å². The van der Waals surface area contributed by atoms with Crippen molar-refractivity contribution >= 4 is 12.0 Å². The van der Waals surface area contributed by atoms with Crippen LogP contribution >= 0.6 is 0 Å². The second-order valence-corrected chi connectivity index (χ2v) is 7.02. The van der Waals surface area contributed by atoms with E-state index < -0.39 is 36.2 Å². The van der Waals surface area contributed by atoms with E-state index in [9.17, 15) is 14.7 Å². The first-order valence-corrected chi connectivity index (χ1v) is 9.37. The Hall–Kier alpha value is -2.70. The van der Waals surface area contributed by atoms with Crippen LogP contribution in [-0.2, 0) is 20.9 Å². The van der Waals surface area contributed by atoms with Gasteiger partial charge >= 0.3 is 6.09 Å². The van der Waals surface area contributed by atoms with Gasteiger partial charge in [0, 0.05) is 0 Å². The number of aliphatic hydroxyl groups excluding tert-OH is 1. The molecule has 0 spiro atoms. The van der Waals surface area contributed by atoms with Crippen molar-refractivity contribution in [2.24, 2.45) is 5.92 Å². The predicted molar refractivity (Wildman–Crippen MR) is 103 cm³/mol. The van der Waals surface area contributed by atoms with Crippen LogP contribution in [-0.4, -0.2) is 40.8 Å². The number of ether oxygens (including phenoxy) is 2. The third kappa shape index (κ3) is 4.40. The number of cyclic esters (lactones) is 1. The Labute approximate surface area is 164 Å². The molecule has 28 heavy (non-hydrogen) atoms. The summed E-state index contributed by atoms with van der Waals surface area (Å²) in [6.07, 6.45) is -2.22. The van der Waals surface area contributed by atoms with Gasteiger partial charge in [-0.1, -0.05) is 67.6 Å². The lowest BCUT2D eigenvalue weighted by molar-refractivity contribution is -0.138. The normalized spacial score (nSPS) is 21.2. The van der Waals surface area contributed by atoms with Crippen LogP contribution in [0.3, 0.4) is 0 Å². The number of benzene rings is 2. The van der Waals surface area contributed by atoms with Crippen LogP contribution in [0.4, 0.5) is 4.79 Å². The van der Waals surface area contributed by atoms with Crippen LogP contribution in [0.25, 0.3) is 0 Å². The van der Waals surface area contributed by atoms with Crippen LogP contribution in [0.2, 0.25) is 0 Å². The molecule has 6 nitrogen and oxygen atoms in total. The van der Waals surface area contributed by atoms with Crippen molar-refractivity contribution in [2.75, 3.05) is 6.61 Å². The zero-order valence-electron chi connectivity index (χ0n) is 16.0. The second-order valence-electron chi connectivity index (χ2n) is 7.02. The molecule has 3 rings (SSSR count). The van der Waals surface area contributed by atoms with E-state index >= 15 is 0 Å². The number of hydrogen-bond donors (Lipinski definition) is 1. The maximum Gasteiger partial charge on any atom is 0.417 e. The second kappa shape index (κ2) is 8.99. The van der Waals surface area contributed by atoms with Crippen LogP contribution in [0, 0.1) is 5.92 Å². The Bertz CT molecular complexity index is 795. The van der Waals surface area contributed by atoms with Crippen molar-refractivity contribution < 1.29 is 24.2 Å². The molecule has 1 saturated heterocycles. The summed E-state index contributed by atoms with van der Waals surface area (Å²) in [6.45, 7) is 3.71. The monoisotopic (exact) mass is 383 g/mol. The number of nitrogens with zero attached hydrogens (tertiary/aromatic N) is 1. The van der Waals surface area contributed by atoms with Gasteiger partial charge < -0.3 is 14.6 Å². The first-order chi connectivity index (χ1) is 13.5. The molecular weight excluding hydrogens is 358 g/mol. The summed E-state index contributed by atoms with van der Waals surface area (Å²) in [5.41, 5.74) is 1.81. The zero-order chi connectivity index (χ0) is 20.1. The molecule has 1 N–H and O–H groups in total. The molecule has 0 bridgehead atoms. The average molecular weight is 383 g/mol. The SMILES string of the molecule is C[C@H](C(=O)N1C(=O)O[C@H](c2ccccc2)[C@@H]1C)[C@H](O)COCc1ccccc1. The van der Waals surface area contributed by atoms with Gasteiger partial charge in [-0.15, -0.1) is 0 Å². The molecule has 2 aromatic carbocycles. The molecule has 0 aromatic heterocycles. The summed E-state index contributed by atoms with van der Waals surface area (Å²) in [5, 5.41) is 10.4. The molecule has 1 aliphatic rings. The Balaban J connectivity index is 1.58. The van der Waals surface area contributed by atoms with Gasteiger partial charge in [-0.05, 0) is 18.1 Å². The lowest BCUT2D eigenvalue weighted by atomic mass is 10.00. The summed E-state index contributed by atoms with van der Waals surface area (Å²) in [4.78, 5) is 26.2. The van der Waals surface area contributed by atoms with Crippen molar-refractivity contribution in [3.05, 3.63) is 71.8 Å². The van der Waals surface area contributed by atoms with E-state index in [1.54, 1.807) is 13.8 Å². The molecule has 0 radical (unpaired) electrons. The van der Waals surface area contributed by atoms with E-state index in [4.69, 9.17) is 9.47 Å². The summed E-state index contributed by atoms with van der Waals surface area (Å²) < 4.78 is 10.9. The molecule has 0 aliphatic carbocycles. The molecular formula is C22H25NO5. The molecule has 148 valence electrons. The fraction of sp³-hybridized carbons (Fsp3) is 0.364. The molecule has 2 aromatic rings. The highest BCUT2D eigenvalue weighted by Gasteiger charge is 2.45. The Kier molecular flexibility index (Phi) is 6.44. The summed E-state index contributed by atoms with van der Waals surface area (Å²) in [7, 11) is 0. The predicted octanol–water partition coefficient (Wildman–Crippen LogP) is 3.31. The van der Waals surface area contributed by atoms with Crippen molar-refractivity contribution in [1.82, 2.24) is 4.90 Å². The van der Waals surface area contributed by atoms with Crippen molar-refractivity contribution in [2.45, 2.75) is 38.7 Å². The largest absolute Gasteiger partial charge is 0.439 e. The summed E-state index contributed by atoms with van der Waals surface area (Å²) >= 11 is 0. The van der Waals surface area contributed by atoms with Crippen molar-refractivity contribution in [3.63, 3.8) is 0 Å². The number of carbonyl (C=O) groups excluding carboxylic acids is 2. The van der Waals surface area contributed by atoms with E-state index in [0.717, 1.165) is 16.0 Å². The van der Waals surface area contributed by atoms with E-state index in [1.807, 2.05) is 60.7 Å². The average Bonchev–Trinajstić information content (AvgIpc) is 3.02. The molecule has 2 amide bonds. The maximum atomic E-state index is 12.8. The summed E-state index contributed by atoms with van der Waals surface area (Å²) in [6, 6.07) is 18.4. The Morgan fingerprint density at radius 3 is 2.39 bits per heavy atom. The lowest BCUT2D eigenvalue weighted by Gasteiger charge is -2.25. The highest BCUT2D eigenvalue weighted by atomic mass is 16.6. The maximum absolute atomic E-state index is 12.8. The van der Waals surface area contributed by atoms with Gasteiger partial charge in [-0.2, -0.15) is 0 Å². The third-order valence-corrected chi connectivity index (χ3v) is 5.00. The van der Waals surface area contributed by atoms with Crippen LogP contribution < -0.4 is 0 Å². The molecule has 4 atom stereocenters. The van der Waals surface area contributed by atoms with Crippen molar-refractivity contribution in [1.29, 1.82) is 0 Å². The van der Waals surface area contributed by atoms with Crippen LogP contribution in [0.5, 0.6) is 0 Å². The number of aliphatic hydroxyl groups is 1. The minimum Gasteiger partial charge on any atom is -0.439 e. The first kappa shape index (κ1) is 20.0. The minimum atomic E-state index is -1.02. The van der Waals surface area contributed by atoms with E-state index in [1.165, 1.54) is 0 Å². The van der Waals surface area contributed by atoms with E-state index in [2.05, 4.69) is 0 Å². The smallest absolute Gasteiger partial charge is 0.417 e. The van der Waals surface area contributed by atoms with Crippen LogP contribution in [0.15, 0.2) is 60.7 Å². The molecule has 0 saturated carbocycles. The lowest BCUT2D eigenvalue weighted by Crippen LogP contribution is -2.45. The standard InChI is InChI=1S/C22H25NO5/c1-15(19(24)14-27-13-17-9-5-3-6-10-17)21(25)23-16(2)20(28-22(23)26)18-11-7-4-8-12-18/h3-12,15-16,19-20,24H,13-14H2,1-2H3/t15-,16-,19+,20-/m0/s1. The Morgan fingerprint density at radius 2 is 1.75 bits per heavy atom. The zero-order valence-corrected chi connectivity index (χ0v) is 16.0.